The summed E-state index contributed by atoms with van der Waals surface area (Å²) in [5, 5.41) is 7.17. The van der Waals surface area contributed by atoms with Crippen molar-refractivity contribution in [3.05, 3.63) is 90.0 Å². The molecule has 6 aromatic rings. The molecule has 0 aliphatic heterocycles. The lowest BCUT2D eigenvalue weighted by Crippen LogP contribution is -1.90. The van der Waals surface area contributed by atoms with Gasteiger partial charge in [0.1, 0.15) is 5.58 Å². The van der Waals surface area contributed by atoms with Gasteiger partial charge in [-0.2, -0.15) is 0 Å². The Bertz CT molecular complexity index is 1570. The van der Waals surface area contributed by atoms with E-state index in [1.807, 2.05) is 18.2 Å². The molecule has 0 aliphatic carbocycles. The summed E-state index contributed by atoms with van der Waals surface area (Å²) < 4.78 is 6.05. The number of nitrogens with zero attached hydrogens (tertiary/aromatic N) is 1. The van der Waals surface area contributed by atoms with Crippen molar-refractivity contribution in [1.29, 1.82) is 0 Å². The number of hydrogen-bond donors (Lipinski definition) is 0. The van der Waals surface area contributed by atoms with Crippen molar-refractivity contribution in [3.63, 3.8) is 0 Å². The van der Waals surface area contributed by atoms with Crippen LogP contribution < -0.4 is 0 Å². The Hall–Kier alpha value is -3.65. The van der Waals surface area contributed by atoms with Gasteiger partial charge in [0.15, 0.2) is 0 Å². The average molecular weight is 373 g/mol. The molecule has 2 aromatic heterocycles. The van der Waals surface area contributed by atoms with Gasteiger partial charge in [0, 0.05) is 16.3 Å². The highest BCUT2D eigenvalue weighted by Gasteiger charge is 2.14. The van der Waals surface area contributed by atoms with Crippen LogP contribution in [0.4, 0.5) is 0 Å². The highest BCUT2D eigenvalue weighted by Crippen LogP contribution is 2.37. The molecule has 138 valence electrons. The second-order valence-corrected chi connectivity index (χ2v) is 7.77. The van der Waals surface area contributed by atoms with Crippen molar-refractivity contribution in [2.24, 2.45) is 0 Å². The molecule has 0 unspecified atom stereocenters. The quantitative estimate of drug-likeness (QED) is 0.278. The summed E-state index contributed by atoms with van der Waals surface area (Å²) in [6.45, 7) is 4.35. The van der Waals surface area contributed by atoms with Gasteiger partial charge in [0.25, 0.3) is 0 Å². The molecule has 2 heterocycles. The third-order valence-corrected chi connectivity index (χ3v) is 5.99. The summed E-state index contributed by atoms with van der Waals surface area (Å²) >= 11 is 0. The number of furan rings is 1. The molecule has 2 heteroatoms. The van der Waals surface area contributed by atoms with Crippen molar-refractivity contribution in [2.45, 2.75) is 13.8 Å². The highest BCUT2D eigenvalue weighted by atomic mass is 16.3. The molecule has 0 atom stereocenters. The van der Waals surface area contributed by atoms with Gasteiger partial charge >= 0.3 is 0 Å². The Morgan fingerprint density at radius 3 is 2.21 bits per heavy atom. The lowest BCUT2D eigenvalue weighted by atomic mass is 9.92. The predicted octanol–water partition coefficient (Wildman–Crippen LogP) is 7.57. The van der Waals surface area contributed by atoms with Crippen molar-refractivity contribution >= 4 is 43.6 Å². The van der Waals surface area contributed by atoms with E-state index >= 15 is 0 Å². The maximum Gasteiger partial charge on any atom is 0.227 e. The van der Waals surface area contributed by atoms with Gasteiger partial charge in [-0.25, -0.2) is 4.98 Å². The minimum absolute atomic E-state index is 0.689. The highest BCUT2D eigenvalue weighted by molar-refractivity contribution is 6.14. The molecule has 4 aromatic carbocycles. The fourth-order valence-electron chi connectivity index (χ4n) is 4.33. The Labute approximate surface area is 168 Å². The molecule has 29 heavy (non-hydrogen) atoms. The molecule has 0 amide bonds. The van der Waals surface area contributed by atoms with Crippen LogP contribution in [0.2, 0.25) is 0 Å². The van der Waals surface area contributed by atoms with E-state index < -0.39 is 0 Å². The summed E-state index contributed by atoms with van der Waals surface area (Å²) in [6.07, 6.45) is 0. The molecular formula is C27H19NO. The maximum atomic E-state index is 6.05. The first-order chi connectivity index (χ1) is 14.2. The van der Waals surface area contributed by atoms with Gasteiger partial charge in [0.05, 0.1) is 5.69 Å². The Morgan fingerprint density at radius 1 is 0.621 bits per heavy atom. The van der Waals surface area contributed by atoms with Crippen LogP contribution >= 0.6 is 0 Å². The minimum atomic E-state index is 0.689. The zero-order valence-electron chi connectivity index (χ0n) is 16.4. The maximum absolute atomic E-state index is 6.05. The van der Waals surface area contributed by atoms with E-state index in [-0.39, 0.29) is 0 Å². The molecule has 0 radical (unpaired) electrons. The minimum Gasteiger partial charge on any atom is -0.438 e. The number of benzene rings is 4. The van der Waals surface area contributed by atoms with Crippen LogP contribution in [0.3, 0.4) is 0 Å². The molecule has 6 rings (SSSR count). The number of rotatable bonds is 1. The second-order valence-electron chi connectivity index (χ2n) is 7.77. The standard InChI is InChI=1S/C27H19NO/c1-16-13-22-19-8-4-3-7-18(19)15-24(23(22)14-17(16)2)25-12-11-21-20-9-5-6-10-26(20)29-27(21)28-25/h3-15H,1-2H3. The predicted molar refractivity (Wildman–Crippen MR) is 121 cm³/mol. The number of fused-ring (bicyclic) bond motifs is 6. The SMILES string of the molecule is Cc1cc2c(-c3ccc4c(n3)oc3ccccc34)cc3ccccc3c2cc1C. The van der Waals surface area contributed by atoms with Crippen molar-refractivity contribution in [2.75, 3.05) is 0 Å². The molecule has 0 spiro atoms. The topological polar surface area (TPSA) is 26.0 Å². The van der Waals surface area contributed by atoms with E-state index in [9.17, 15) is 0 Å². The van der Waals surface area contributed by atoms with E-state index in [1.54, 1.807) is 0 Å². The molecule has 0 fully saturated rings. The third kappa shape index (κ3) is 2.39. The first kappa shape index (κ1) is 16.3. The Morgan fingerprint density at radius 2 is 1.34 bits per heavy atom. The van der Waals surface area contributed by atoms with E-state index in [0.717, 1.165) is 27.6 Å². The van der Waals surface area contributed by atoms with E-state index in [4.69, 9.17) is 9.40 Å². The number of aromatic nitrogens is 1. The number of pyridine rings is 1. The van der Waals surface area contributed by atoms with E-state index in [2.05, 4.69) is 74.5 Å². The van der Waals surface area contributed by atoms with Gasteiger partial charge < -0.3 is 4.42 Å². The molecule has 0 bridgehead atoms. The van der Waals surface area contributed by atoms with Crippen molar-refractivity contribution in [1.82, 2.24) is 4.98 Å². The summed E-state index contributed by atoms with van der Waals surface area (Å²) in [5.41, 5.74) is 6.25. The van der Waals surface area contributed by atoms with Gasteiger partial charge in [-0.3, -0.25) is 0 Å². The fourth-order valence-corrected chi connectivity index (χ4v) is 4.33. The third-order valence-electron chi connectivity index (χ3n) is 5.99. The Kier molecular flexibility index (Phi) is 3.33. The molecule has 0 N–H and O–H groups in total. The number of aryl methyl sites for hydroxylation is 2. The Balaban J connectivity index is 1.71. The lowest BCUT2D eigenvalue weighted by molar-refractivity contribution is 0.654. The number of hydrogen-bond acceptors (Lipinski definition) is 2. The second kappa shape index (κ2) is 5.92. The summed E-state index contributed by atoms with van der Waals surface area (Å²) in [4.78, 5) is 4.93. The zero-order valence-corrected chi connectivity index (χ0v) is 16.4. The zero-order chi connectivity index (χ0) is 19.5. The average Bonchev–Trinajstić information content (AvgIpc) is 3.12. The van der Waals surface area contributed by atoms with E-state index in [1.165, 1.54) is 32.7 Å². The summed E-state index contributed by atoms with van der Waals surface area (Å²) in [5.74, 6) is 0. The molecular weight excluding hydrogens is 354 g/mol. The summed E-state index contributed by atoms with van der Waals surface area (Å²) in [6, 6.07) is 27.8. The molecule has 0 saturated heterocycles. The largest absolute Gasteiger partial charge is 0.438 e. The van der Waals surface area contributed by atoms with Crippen LogP contribution in [0.5, 0.6) is 0 Å². The normalized spacial score (nSPS) is 11.8. The van der Waals surface area contributed by atoms with Gasteiger partial charge in [-0.1, -0.05) is 54.6 Å². The summed E-state index contributed by atoms with van der Waals surface area (Å²) in [7, 11) is 0. The van der Waals surface area contributed by atoms with Crippen LogP contribution in [0.1, 0.15) is 11.1 Å². The van der Waals surface area contributed by atoms with Crippen LogP contribution in [0.15, 0.2) is 83.3 Å². The molecule has 0 aliphatic rings. The monoisotopic (exact) mass is 373 g/mol. The van der Waals surface area contributed by atoms with Crippen molar-refractivity contribution in [3.8, 4) is 11.3 Å². The van der Waals surface area contributed by atoms with Crippen molar-refractivity contribution < 1.29 is 4.42 Å². The number of para-hydroxylation sites is 1. The van der Waals surface area contributed by atoms with Gasteiger partial charge in [-0.15, -0.1) is 0 Å². The molecule has 0 saturated carbocycles. The van der Waals surface area contributed by atoms with Gasteiger partial charge in [-0.05, 0) is 70.8 Å². The van der Waals surface area contributed by atoms with Crippen LogP contribution in [-0.2, 0) is 0 Å². The smallest absolute Gasteiger partial charge is 0.227 e. The van der Waals surface area contributed by atoms with Crippen LogP contribution in [0.25, 0.3) is 54.9 Å². The lowest BCUT2D eigenvalue weighted by Gasteiger charge is -2.13. The van der Waals surface area contributed by atoms with Crippen LogP contribution in [-0.4, -0.2) is 4.98 Å². The molecule has 2 nitrogen and oxygen atoms in total. The van der Waals surface area contributed by atoms with Gasteiger partial charge in [0.2, 0.25) is 5.71 Å². The van der Waals surface area contributed by atoms with E-state index in [0.29, 0.717) is 5.71 Å². The van der Waals surface area contributed by atoms with Crippen LogP contribution in [0, 0.1) is 13.8 Å². The fraction of sp³-hybridized carbons (Fsp3) is 0.0741. The first-order valence-corrected chi connectivity index (χ1v) is 9.90. The first-order valence-electron chi connectivity index (χ1n) is 9.90.